The summed E-state index contributed by atoms with van der Waals surface area (Å²) in [4.78, 5) is 52.7. The summed E-state index contributed by atoms with van der Waals surface area (Å²) in [5, 5.41) is 36.2. The van der Waals surface area contributed by atoms with Crippen LogP contribution in [0, 0.1) is 11.8 Å². The van der Waals surface area contributed by atoms with Gasteiger partial charge in [0.2, 0.25) is 5.72 Å². The maximum absolute atomic E-state index is 13.8. The fourth-order valence-corrected chi connectivity index (χ4v) is 4.89. The molecule has 2 aromatic carbocycles. The van der Waals surface area contributed by atoms with Gasteiger partial charge in [0.15, 0.2) is 0 Å². The van der Waals surface area contributed by atoms with Gasteiger partial charge in [-0.3, -0.25) is 15.0 Å². The molecule has 0 aliphatic heterocycles. The van der Waals surface area contributed by atoms with Crippen molar-refractivity contribution in [3.05, 3.63) is 65.7 Å². The van der Waals surface area contributed by atoms with Crippen molar-refractivity contribution in [1.29, 1.82) is 0 Å². The van der Waals surface area contributed by atoms with Crippen molar-refractivity contribution in [2.24, 2.45) is 11.8 Å². The van der Waals surface area contributed by atoms with Gasteiger partial charge in [0.05, 0.1) is 13.2 Å². The highest BCUT2D eigenvalue weighted by atomic mass is 16.5. The average molecular weight is 702 g/mol. The molecule has 0 saturated carbocycles. The van der Waals surface area contributed by atoms with Crippen molar-refractivity contribution in [2.45, 2.75) is 64.9 Å². The van der Waals surface area contributed by atoms with E-state index < -0.39 is 47.6 Å². The van der Waals surface area contributed by atoms with Crippen LogP contribution in [-0.4, -0.2) is 104 Å². The first-order valence-electron chi connectivity index (χ1n) is 16.8. The van der Waals surface area contributed by atoms with Crippen LogP contribution in [-0.2, 0) is 32.0 Å². The van der Waals surface area contributed by atoms with E-state index in [4.69, 9.17) is 9.47 Å². The van der Waals surface area contributed by atoms with Gasteiger partial charge in [-0.1, -0.05) is 70.2 Å². The molecule has 2 aromatic rings. The molecule has 15 nitrogen and oxygen atoms in total. The van der Waals surface area contributed by atoms with Gasteiger partial charge >= 0.3 is 12.1 Å². The highest BCUT2D eigenvalue weighted by molar-refractivity contribution is 5.90. The SMILES string of the molecule is COCCNC(=O)N[C@H](C(=O)NN(Cc1ccc(O)cc1)C[C@H](CCc1ccccc1)NC(=O)[C@@](O)(NC(=O)NCCOC)C(C)C)C(C)C. The number of aliphatic hydroxyl groups is 1. The highest BCUT2D eigenvalue weighted by Gasteiger charge is 2.42. The maximum Gasteiger partial charge on any atom is 0.317 e. The summed E-state index contributed by atoms with van der Waals surface area (Å²) in [6.07, 6.45) is 0.954. The first kappa shape index (κ1) is 41.7. The molecule has 0 fully saturated rings. The lowest BCUT2D eigenvalue weighted by molar-refractivity contribution is -0.148. The van der Waals surface area contributed by atoms with Crippen molar-refractivity contribution in [1.82, 2.24) is 37.0 Å². The molecule has 0 radical (unpaired) electrons. The fourth-order valence-electron chi connectivity index (χ4n) is 4.89. The van der Waals surface area contributed by atoms with E-state index in [1.807, 2.05) is 30.3 Å². The monoisotopic (exact) mass is 701 g/mol. The maximum atomic E-state index is 13.8. The standard InChI is InChI=1S/C35H55N7O8/c1-24(2)30(39-33(46)36-18-20-49-5)31(44)41-42(22-27-13-16-29(43)17-14-27)23-28(15-12-26-10-8-7-9-11-26)38-32(45)35(48,25(3)4)40-34(47)37-19-21-50-6/h7-11,13-14,16-17,24-25,28,30,43,48H,12,15,18-23H2,1-6H3,(H,38,45)(H,41,44)(H2,36,39,46)(H2,37,40,47)/t28-,30-,35+/m0/s1. The van der Waals surface area contributed by atoms with Gasteiger partial charge in [0, 0.05) is 52.4 Å². The highest BCUT2D eigenvalue weighted by Crippen LogP contribution is 2.17. The normalized spacial score (nSPS) is 13.6. The molecule has 0 aromatic heterocycles. The third-order valence-corrected chi connectivity index (χ3v) is 7.88. The lowest BCUT2D eigenvalue weighted by Gasteiger charge is -2.35. The summed E-state index contributed by atoms with van der Waals surface area (Å²) in [6.45, 7) is 8.05. The van der Waals surface area contributed by atoms with Crippen molar-refractivity contribution < 1.29 is 38.9 Å². The van der Waals surface area contributed by atoms with Gasteiger partial charge in [-0.05, 0) is 42.0 Å². The lowest BCUT2D eigenvalue weighted by atomic mass is 9.97. The second-order valence-corrected chi connectivity index (χ2v) is 12.6. The minimum atomic E-state index is -2.27. The van der Waals surface area contributed by atoms with Gasteiger partial charge < -0.3 is 46.3 Å². The van der Waals surface area contributed by atoms with Crippen LogP contribution in [0.5, 0.6) is 5.75 Å². The Balaban J connectivity index is 2.38. The third-order valence-electron chi connectivity index (χ3n) is 7.88. The number of ether oxygens (including phenoxy) is 2. The predicted molar refractivity (Wildman–Crippen MR) is 189 cm³/mol. The van der Waals surface area contributed by atoms with Crippen LogP contribution in [0.1, 0.15) is 45.2 Å². The molecular weight excluding hydrogens is 646 g/mol. The zero-order valence-electron chi connectivity index (χ0n) is 30.0. The third kappa shape index (κ3) is 14.6. The van der Waals surface area contributed by atoms with Crippen molar-refractivity contribution in [2.75, 3.05) is 47.1 Å². The molecule has 8 N–H and O–H groups in total. The number of phenols is 1. The number of phenolic OH excluding ortho intramolecular Hbond substituents is 1. The van der Waals surface area contributed by atoms with Crippen LogP contribution < -0.4 is 32.0 Å². The van der Waals surface area contributed by atoms with Crippen LogP contribution >= 0.6 is 0 Å². The quantitative estimate of drug-likeness (QED) is 0.0541. The Bertz CT molecular complexity index is 1330. The van der Waals surface area contributed by atoms with Gasteiger partial charge in [0.1, 0.15) is 11.8 Å². The van der Waals surface area contributed by atoms with Crippen molar-refractivity contribution >= 4 is 23.9 Å². The van der Waals surface area contributed by atoms with E-state index in [0.29, 0.717) is 19.4 Å². The van der Waals surface area contributed by atoms with E-state index in [-0.39, 0.29) is 44.5 Å². The number of aromatic hydroxyl groups is 1. The minimum Gasteiger partial charge on any atom is -0.508 e. The molecule has 0 aliphatic rings. The number of nitrogens with zero attached hydrogens (tertiary/aromatic N) is 1. The Morgan fingerprint density at radius 2 is 1.42 bits per heavy atom. The lowest BCUT2D eigenvalue weighted by Crippen LogP contribution is -2.66. The first-order valence-corrected chi connectivity index (χ1v) is 16.8. The predicted octanol–water partition coefficient (Wildman–Crippen LogP) is 1.60. The number of hydrogen-bond acceptors (Lipinski definition) is 9. The van der Waals surface area contributed by atoms with Crippen LogP contribution in [0.15, 0.2) is 54.6 Å². The minimum absolute atomic E-state index is 0.0737. The molecule has 3 atom stereocenters. The Morgan fingerprint density at radius 1 is 0.820 bits per heavy atom. The van der Waals surface area contributed by atoms with Crippen molar-refractivity contribution in [3.63, 3.8) is 0 Å². The van der Waals surface area contributed by atoms with Gasteiger partial charge in [-0.25, -0.2) is 14.6 Å². The topological polar surface area (TPSA) is 203 Å². The number of nitrogens with one attached hydrogen (secondary N) is 6. The van der Waals surface area contributed by atoms with E-state index in [1.54, 1.807) is 44.8 Å². The van der Waals surface area contributed by atoms with Crippen LogP contribution in [0.4, 0.5) is 9.59 Å². The summed E-state index contributed by atoms with van der Waals surface area (Å²) >= 11 is 0. The Labute approximate surface area is 294 Å². The van der Waals surface area contributed by atoms with Crippen LogP contribution in [0.2, 0.25) is 0 Å². The number of urea groups is 2. The van der Waals surface area contributed by atoms with E-state index in [1.165, 1.54) is 26.4 Å². The number of rotatable bonds is 21. The van der Waals surface area contributed by atoms with Crippen LogP contribution in [0.3, 0.4) is 0 Å². The summed E-state index contributed by atoms with van der Waals surface area (Å²) in [7, 11) is 3.00. The van der Waals surface area contributed by atoms with E-state index >= 15 is 0 Å². The summed E-state index contributed by atoms with van der Waals surface area (Å²) in [5.41, 5.74) is 2.41. The molecule has 0 aliphatic carbocycles. The molecular formula is C35H55N7O8. The largest absolute Gasteiger partial charge is 0.508 e. The molecule has 278 valence electrons. The summed E-state index contributed by atoms with van der Waals surface area (Å²) in [5.74, 6) is -2.23. The summed E-state index contributed by atoms with van der Waals surface area (Å²) in [6, 6.07) is 13.3. The molecule has 2 rings (SSSR count). The molecule has 50 heavy (non-hydrogen) atoms. The zero-order chi connectivity index (χ0) is 37.1. The molecule has 0 unspecified atom stereocenters. The second-order valence-electron chi connectivity index (χ2n) is 12.6. The molecule has 0 bridgehead atoms. The number of hydrogen-bond donors (Lipinski definition) is 8. The number of carbonyl (C=O) groups is 4. The number of hydrazine groups is 1. The number of carbonyl (C=O) groups excluding carboxylic acids is 4. The molecule has 0 heterocycles. The molecule has 6 amide bonds. The Hall–Kier alpha value is -4.44. The molecule has 0 saturated heterocycles. The number of benzene rings is 2. The van der Waals surface area contributed by atoms with E-state index in [9.17, 15) is 29.4 Å². The smallest absolute Gasteiger partial charge is 0.317 e. The Kier molecular flexibility index (Phi) is 18.0. The van der Waals surface area contributed by atoms with Crippen molar-refractivity contribution in [3.8, 4) is 5.75 Å². The van der Waals surface area contributed by atoms with Gasteiger partial charge in [-0.2, -0.15) is 0 Å². The number of methoxy groups -OCH3 is 2. The Morgan fingerprint density at radius 3 is 1.98 bits per heavy atom. The van der Waals surface area contributed by atoms with E-state index in [0.717, 1.165) is 11.1 Å². The number of amides is 6. The van der Waals surface area contributed by atoms with E-state index in [2.05, 4.69) is 32.0 Å². The second kappa shape index (κ2) is 21.6. The van der Waals surface area contributed by atoms with Crippen LogP contribution in [0.25, 0.3) is 0 Å². The zero-order valence-corrected chi connectivity index (χ0v) is 30.0. The molecule has 0 spiro atoms. The fraction of sp³-hybridized carbons (Fsp3) is 0.543. The summed E-state index contributed by atoms with van der Waals surface area (Å²) < 4.78 is 9.93. The molecule has 15 heteroatoms. The van der Waals surface area contributed by atoms with Gasteiger partial charge in [0.25, 0.3) is 11.8 Å². The average Bonchev–Trinajstić information content (AvgIpc) is 3.07. The first-order chi connectivity index (χ1) is 23.8. The number of aryl methyl sites for hydroxylation is 1. The van der Waals surface area contributed by atoms with Gasteiger partial charge in [-0.15, -0.1) is 0 Å².